The summed E-state index contributed by atoms with van der Waals surface area (Å²) in [6, 6.07) is 13.1. The molecule has 0 saturated carbocycles. The summed E-state index contributed by atoms with van der Waals surface area (Å²) in [6.45, 7) is 4.14. The van der Waals surface area contributed by atoms with Gasteiger partial charge >= 0.3 is 0 Å². The van der Waals surface area contributed by atoms with Crippen molar-refractivity contribution < 1.29 is 13.2 Å². The third-order valence-corrected chi connectivity index (χ3v) is 5.38. The maximum atomic E-state index is 12.2. The van der Waals surface area contributed by atoms with Crippen LogP contribution in [0, 0.1) is 13.8 Å². The Morgan fingerprint density at radius 1 is 1.15 bits per heavy atom. The van der Waals surface area contributed by atoms with Gasteiger partial charge in [-0.3, -0.25) is 9.10 Å². The predicted molar refractivity (Wildman–Crippen MR) is 106 cm³/mol. The average Bonchev–Trinajstić information content (AvgIpc) is 2.55. The molecule has 2 aromatic carbocycles. The first kappa shape index (κ1) is 20.3. The third-order valence-electron chi connectivity index (χ3n) is 3.92. The molecule has 140 valence electrons. The summed E-state index contributed by atoms with van der Waals surface area (Å²) >= 11 is 6.29. The van der Waals surface area contributed by atoms with Gasteiger partial charge in [-0.15, -0.1) is 0 Å². The SMILES string of the molecule is Cc1cc(C)c(N(CCC(=O)NCc2ccccc2)S(C)(=O)=O)c(Cl)c1. The van der Waals surface area contributed by atoms with Crippen LogP contribution >= 0.6 is 11.6 Å². The minimum absolute atomic E-state index is 0.0308. The second kappa shape index (κ2) is 8.56. The standard InChI is InChI=1S/C19H23ClN2O3S/c1-14-11-15(2)19(17(20)12-14)22(26(3,24)25)10-9-18(23)21-13-16-7-5-4-6-8-16/h4-8,11-12H,9-10,13H2,1-3H3,(H,21,23). The quantitative estimate of drug-likeness (QED) is 0.782. The Morgan fingerprint density at radius 3 is 2.38 bits per heavy atom. The Hall–Kier alpha value is -2.05. The van der Waals surface area contributed by atoms with Crippen molar-refractivity contribution >= 4 is 33.2 Å². The zero-order chi connectivity index (χ0) is 19.3. The lowest BCUT2D eigenvalue weighted by Crippen LogP contribution is -2.35. The van der Waals surface area contributed by atoms with E-state index in [4.69, 9.17) is 11.6 Å². The second-order valence-electron chi connectivity index (χ2n) is 6.26. The summed E-state index contributed by atoms with van der Waals surface area (Å²) in [5, 5.41) is 3.16. The monoisotopic (exact) mass is 394 g/mol. The molecule has 0 unspecified atom stereocenters. The van der Waals surface area contributed by atoms with Crippen molar-refractivity contribution in [2.75, 3.05) is 17.1 Å². The fraction of sp³-hybridized carbons (Fsp3) is 0.316. The van der Waals surface area contributed by atoms with Crippen molar-refractivity contribution in [1.82, 2.24) is 5.32 Å². The van der Waals surface area contributed by atoms with E-state index in [9.17, 15) is 13.2 Å². The lowest BCUT2D eigenvalue weighted by Gasteiger charge is -2.25. The number of rotatable bonds is 7. The zero-order valence-corrected chi connectivity index (χ0v) is 16.7. The first-order chi connectivity index (χ1) is 12.2. The van der Waals surface area contributed by atoms with Crippen LogP contribution < -0.4 is 9.62 Å². The highest BCUT2D eigenvalue weighted by molar-refractivity contribution is 7.92. The van der Waals surface area contributed by atoms with Gasteiger partial charge in [-0.1, -0.05) is 48.0 Å². The van der Waals surface area contributed by atoms with Crippen LogP contribution in [0.5, 0.6) is 0 Å². The van der Waals surface area contributed by atoms with Gasteiger partial charge in [0, 0.05) is 19.5 Å². The molecule has 5 nitrogen and oxygen atoms in total. The number of carbonyl (C=O) groups is 1. The number of nitrogens with one attached hydrogen (secondary N) is 1. The fourth-order valence-corrected chi connectivity index (χ4v) is 4.23. The number of carbonyl (C=O) groups excluding carboxylic acids is 1. The van der Waals surface area contributed by atoms with E-state index in [1.165, 1.54) is 4.31 Å². The summed E-state index contributed by atoms with van der Waals surface area (Å²) in [5.74, 6) is -0.219. The van der Waals surface area contributed by atoms with E-state index in [0.717, 1.165) is 22.9 Å². The summed E-state index contributed by atoms with van der Waals surface area (Å²) in [4.78, 5) is 12.1. The van der Waals surface area contributed by atoms with Crippen LogP contribution in [0.15, 0.2) is 42.5 Å². The lowest BCUT2D eigenvalue weighted by atomic mass is 10.1. The van der Waals surface area contributed by atoms with Gasteiger partial charge in [0.2, 0.25) is 15.9 Å². The van der Waals surface area contributed by atoms with Crippen LogP contribution in [0.1, 0.15) is 23.1 Å². The Labute approximate surface area is 160 Å². The van der Waals surface area contributed by atoms with Gasteiger partial charge in [0.05, 0.1) is 17.0 Å². The van der Waals surface area contributed by atoms with Crippen LogP contribution in [0.2, 0.25) is 5.02 Å². The molecule has 0 saturated heterocycles. The molecule has 1 amide bonds. The van der Waals surface area contributed by atoms with Crippen molar-refractivity contribution in [3.05, 3.63) is 64.2 Å². The number of anilines is 1. The van der Waals surface area contributed by atoms with Gasteiger partial charge in [-0.2, -0.15) is 0 Å². The molecule has 0 aliphatic heterocycles. The van der Waals surface area contributed by atoms with Gasteiger partial charge in [-0.05, 0) is 36.6 Å². The molecule has 2 rings (SSSR count). The van der Waals surface area contributed by atoms with Crippen LogP contribution in [-0.2, 0) is 21.4 Å². The molecule has 0 atom stereocenters. The normalized spacial score (nSPS) is 11.2. The Kier molecular flexibility index (Phi) is 6.67. The van der Waals surface area contributed by atoms with Gasteiger partial charge in [0.25, 0.3) is 0 Å². The molecule has 0 spiro atoms. The molecular weight excluding hydrogens is 372 g/mol. The number of nitrogens with zero attached hydrogens (tertiary/aromatic N) is 1. The van der Waals surface area contributed by atoms with Gasteiger partial charge < -0.3 is 5.32 Å². The fourth-order valence-electron chi connectivity index (χ4n) is 2.76. The highest BCUT2D eigenvalue weighted by atomic mass is 35.5. The highest BCUT2D eigenvalue weighted by Crippen LogP contribution is 2.32. The number of hydrogen-bond acceptors (Lipinski definition) is 3. The first-order valence-electron chi connectivity index (χ1n) is 8.23. The predicted octanol–water partition coefficient (Wildman–Crippen LogP) is 3.43. The number of halogens is 1. The smallest absolute Gasteiger partial charge is 0.232 e. The van der Waals surface area contributed by atoms with Gasteiger partial charge in [0.15, 0.2) is 0 Å². The molecule has 0 aliphatic carbocycles. The number of hydrogen-bond donors (Lipinski definition) is 1. The average molecular weight is 395 g/mol. The van der Waals surface area contributed by atoms with E-state index in [2.05, 4.69) is 5.32 Å². The summed E-state index contributed by atoms with van der Waals surface area (Å²) in [6.07, 6.45) is 1.16. The topological polar surface area (TPSA) is 66.5 Å². The summed E-state index contributed by atoms with van der Waals surface area (Å²) in [7, 11) is -3.57. The maximum absolute atomic E-state index is 12.2. The van der Waals surface area contributed by atoms with Crippen LogP contribution in [0.25, 0.3) is 0 Å². The van der Waals surface area contributed by atoms with Crippen molar-refractivity contribution in [1.29, 1.82) is 0 Å². The highest BCUT2D eigenvalue weighted by Gasteiger charge is 2.23. The van der Waals surface area contributed by atoms with Crippen molar-refractivity contribution in [3.8, 4) is 0 Å². The molecule has 0 radical (unpaired) electrons. The molecule has 1 N–H and O–H groups in total. The Balaban J connectivity index is 2.09. The van der Waals surface area contributed by atoms with E-state index in [0.29, 0.717) is 17.3 Å². The van der Waals surface area contributed by atoms with Gasteiger partial charge in [-0.25, -0.2) is 8.42 Å². The molecule has 0 aromatic heterocycles. The van der Waals surface area contributed by atoms with Crippen molar-refractivity contribution in [3.63, 3.8) is 0 Å². The van der Waals surface area contributed by atoms with E-state index in [-0.39, 0.29) is 18.9 Å². The van der Waals surface area contributed by atoms with Crippen LogP contribution in [-0.4, -0.2) is 27.1 Å². The molecule has 0 bridgehead atoms. The van der Waals surface area contributed by atoms with E-state index in [1.54, 1.807) is 6.07 Å². The molecule has 0 aliphatic rings. The number of aryl methyl sites for hydroxylation is 2. The molecule has 7 heteroatoms. The van der Waals surface area contributed by atoms with E-state index < -0.39 is 10.0 Å². The van der Waals surface area contributed by atoms with E-state index >= 15 is 0 Å². The Morgan fingerprint density at radius 2 is 1.81 bits per heavy atom. The first-order valence-corrected chi connectivity index (χ1v) is 10.5. The summed E-state index contributed by atoms with van der Waals surface area (Å²) < 4.78 is 25.7. The number of sulfonamides is 1. The summed E-state index contributed by atoms with van der Waals surface area (Å²) in [5.41, 5.74) is 3.12. The lowest BCUT2D eigenvalue weighted by molar-refractivity contribution is -0.121. The number of amides is 1. The van der Waals surface area contributed by atoms with Crippen molar-refractivity contribution in [2.24, 2.45) is 0 Å². The largest absolute Gasteiger partial charge is 0.352 e. The third kappa shape index (κ3) is 5.47. The second-order valence-corrected chi connectivity index (χ2v) is 8.57. The zero-order valence-electron chi connectivity index (χ0n) is 15.1. The van der Waals surface area contributed by atoms with Crippen molar-refractivity contribution in [2.45, 2.75) is 26.8 Å². The maximum Gasteiger partial charge on any atom is 0.232 e. The molecular formula is C19H23ClN2O3S. The molecule has 2 aromatic rings. The molecule has 0 heterocycles. The molecule has 26 heavy (non-hydrogen) atoms. The molecule has 0 fully saturated rings. The Bertz CT molecular complexity index is 860. The van der Waals surface area contributed by atoms with Crippen LogP contribution in [0.3, 0.4) is 0 Å². The van der Waals surface area contributed by atoms with Gasteiger partial charge in [0.1, 0.15) is 0 Å². The van der Waals surface area contributed by atoms with Crippen LogP contribution in [0.4, 0.5) is 5.69 Å². The number of benzene rings is 2. The minimum Gasteiger partial charge on any atom is -0.352 e. The van der Waals surface area contributed by atoms with E-state index in [1.807, 2.05) is 50.2 Å². The minimum atomic E-state index is -3.57.